The Kier molecular flexibility index (Phi) is 9.87. The highest BCUT2D eigenvalue weighted by molar-refractivity contribution is 6.00. The van der Waals surface area contributed by atoms with E-state index in [-0.39, 0.29) is 37.1 Å². The summed E-state index contributed by atoms with van der Waals surface area (Å²) in [6.45, 7) is 3.51. The van der Waals surface area contributed by atoms with Crippen molar-refractivity contribution >= 4 is 23.5 Å². The van der Waals surface area contributed by atoms with Crippen LogP contribution in [-0.2, 0) is 30.5 Å². The monoisotopic (exact) mass is 548 g/mol. The van der Waals surface area contributed by atoms with E-state index in [9.17, 15) is 19.2 Å². The predicted molar refractivity (Wildman–Crippen MR) is 150 cm³/mol. The summed E-state index contributed by atoms with van der Waals surface area (Å²) in [6, 6.07) is 15.2. The number of nitrogens with zero attached hydrogens (tertiary/aromatic N) is 1. The van der Waals surface area contributed by atoms with Crippen molar-refractivity contribution in [2.24, 2.45) is 11.7 Å². The van der Waals surface area contributed by atoms with Crippen LogP contribution in [0.1, 0.15) is 74.7 Å². The van der Waals surface area contributed by atoms with E-state index in [0.717, 1.165) is 31.2 Å². The molecule has 5 atom stereocenters. The molecule has 2 aromatic carbocycles. The molecule has 2 fully saturated rings. The molecule has 8 heteroatoms. The molecule has 1 aliphatic carbocycles. The molecule has 2 aromatic rings. The van der Waals surface area contributed by atoms with Crippen LogP contribution in [0.25, 0.3) is 0 Å². The summed E-state index contributed by atoms with van der Waals surface area (Å²) >= 11 is 0. The molecule has 0 spiro atoms. The predicted octanol–water partition coefficient (Wildman–Crippen LogP) is 4.24. The minimum absolute atomic E-state index is 0.0654. The van der Waals surface area contributed by atoms with Gasteiger partial charge in [0.2, 0.25) is 0 Å². The van der Waals surface area contributed by atoms with Gasteiger partial charge in [0.1, 0.15) is 18.7 Å². The second-order valence-corrected chi connectivity index (χ2v) is 10.9. The molecular formula is C32H40N2O6. The highest BCUT2D eigenvalue weighted by Gasteiger charge is 2.63. The van der Waals surface area contributed by atoms with Crippen molar-refractivity contribution in [2.75, 3.05) is 6.61 Å². The second-order valence-electron chi connectivity index (χ2n) is 10.9. The van der Waals surface area contributed by atoms with Crippen LogP contribution in [0.3, 0.4) is 0 Å². The molecule has 0 aromatic heterocycles. The Balaban J connectivity index is 1.78. The van der Waals surface area contributed by atoms with Gasteiger partial charge in [-0.2, -0.15) is 0 Å². The van der Waals surface area contributed by atoms with Crippen molar-refractivity contribution in [1.82, 2.24) is 4.90 Å². The van der Waals surface area contributed by atoms with Crippen molar-refractivity contribution in [1.29, 1.82) is 0 Å². The van der Waals surface area contributed by atoms with Crippen LogP contribution in [-0.4, -0.2) is 58.7 Å². The fourth-order valence-corrected chi connectivity index (χ4v) is 6.55. The molecule has 214 valence electrons. The molecule has 8 nitrogen and oxygen atoms in total. The number of hydrogen-bond acceptors (Lipinski definition) is 8. The lowest BCUT2D eigenvalue weighted by Gasteiger charge is -2.45. The molecular weight excluding hydrogens is 508 g/mol. The number of rotatable bonds is 11. The first-order valence-corrected chi connectivity index (χ1v) is 14.3. The Morgan fingerprint density at radius 1 is 0.975 bits per heavy atom. The van der Waals surface area contributed by atoms with E-state index >= 15 is 0 Å². The SMILES string of the molecule is CCOC(=O)[C@H](CC(=O)c1ccccc1)N1[C@H](C(=O)OCc2ccccc2)C[C@H]2CCCCC[C@]21C(=O)C(C)N. The third kappa shape index (κ3) is 6.18. The number of carbonyl (C=O) groups excluding carboxylic acids is 4. The van der Waals surface area contributed by atoms with Crippen LogP contribution < -0.4 is 5.73 Å². The van der Waals surface area contributed by atoms with E-state index in [1.165, 1.54) is 0 Å². The topological polar surface area (TPSA) is 116 Å². The van der Waals surface area contributed by atoms with Crippen molar-refractivity contribution in [3.63, 3.8) is 0 Å². The van der Waals surface area contributed by atoms with Crippen LogP contribution in [0.5, 0.6) is 0 Å². The largest absolute Gasteiger partial charge is 0.465 e. The van der Waals surface area contributed by atoms with Crippen molar-refractivity contribution < 1.29 is 28.7 Å². The van der Waals surface area contributed by atoms with Gasteiger partial charge < -0.3 is 15.2 Å². The number of likely N-dealkylation sites (tertiary alicyclic amines) is 1. The second kappa shape index (κ2) is 13.3. The summed E-state index contributed by atoms with van der Waals surface area (Å²) in [5, 5.41) is 0. The van der Waals surface area contributed by atoms with Gasteiger partial charge in [-0.3, -0.25) is 24.1 Å². The van der Waals surface area contributed by atoms with Crippen LogP contribution >= 0.6 is 0 Å². The molecule has 0 bridgehead atoms. The molecule has 1 unspecified atom stereocenters. The number of fused-ring (bicyclic) bond motifs is 1. The molecule has 0 amide bonds. The molecule has 2 N–H and O–H groups in total. The summed E-state index contributed by atoms with van der Waals surface area (Å²) in [6.07, 6.45) is 3.89. The third-order valence-corrected chi connectivity index (χ3v) is 8.30. The van der Waals surface area contributed by atoms with Crippen LogP contribution in [0, 0.1) is 5.92 Å². The Labute approximate surface area is 236 Å². The standard InChI is InChI=1S/C32H40N2O6/c1-3-39-30(37)27(20-28(35)24-15-9-5-10-16-24)34-26(31(38)40-21-23-13-7-4-8-14-23)19-25-17-11-6-12-18-32(25,34)29(36)22(2)33/h4-5,7-10,13-16,22,25-27H,3,6,11-12,17-21,33H2,1-2H3/t22?,25-,26+,27+,32-/m1/s1. The summed E-state index contributed by atoms with van der Waals surface area (Å²) in [7, 11) is 0. The number of ketones is 2. The number of esters is 2. The Bertz CT molecular complexity index is 1180. The summed E-state index contributed by atoms with van der Waals surface area (Å²) in [5.74, 6) is -1.83. The number of carbonyl (C=O) groups is 4. The van der Waals surface area contributed by atoms with Crippen molar-refractivity contribution in [3.8, 4) is 0 Å². The van der Waals surface area contributed by atoms with Crippen molar-refractivity contribution in [2.45, 2.75) is 89.1 Å². The maximum Gasteiger partial charge on any atom is 0.323 e. The van der Waals surface area contributed by atoms with Gasteiger partial charge in [-0.1, -0.05) is 79.9 Å². The molecule has 2 aliphatic rings. The number of benzene rings is 2. The van der Waals surface area contributed by atoms with Gasteiger partial charge in [0.05, 0.1) is 18.2 Å². The fraction of sp³-hybridized carbons (Fsp3) is 0.500. The molecule has 0 radical (unpaired) electrons. The Hall–Kier alpha value is -3.36. The molecule has 1 heterocycles. The quantitative estimate of drug-likeness (QED) is 0.327. The number of ether oxygens (including phenoxy) is 2. The van der Waals surface area contributed by atoms with E-state index in [4.69, 9.17) is 15.2 Å². The first-order valence-electron chi connectivity index (χ1n) is 14.3. The molecule has 4 rings (SSSR count). The van der Waals surface area contributed by atoms with Gasteiger partial charge in [-0.25, -0.2) is 0 Å². The summed E-state index contributed by atoms with van der Waals surface area (Å²) < 4.78 is 11.3. The zero-order valence-electron chi connectivity index (χ0n) is 23.4. The smallest absolute Gasteiger partial charge is 0.323 e. The van der Waals surface area contributed by atoms with E-state index in [1.54, 1.807) is 43.0 Å². The molecule has 1 saturated heterocycles. The first kappa shape index (κ1) is 29.6. The third-order valence-electron chi connectivity index (χ3n) is 8.30. The fourth-order valence-electron chi connectivity index (χ4n) is 6.55. The van der Waals surface area contributed by atoms with E-state index < -0.39 is 35.6 Å². The van der Waals surface area contributed by atoms with E-state index in [2.05, 4.69) is 0 Å². The van der Waals surface area contributed by atoms with Gasteiger partial charge >= 0.3 is 11.9 Å². The highest BCUT2D eigenvalue weighted by atomic mass is 16.5. The first-order chi connectivity index (χ1) is 19.3. The van der Waals surface area contributed by atoms with Gasteiger partial charge in [0.25, 0.3) is 0 Å². The zero-order chi connectivity index (χ0) is 28.7. The minimum Gasteiger partial charge on any atom is -0.465 e. The summed E-state index contributed by atoms with van der Waals surface area (Å²) in [4.78, 5) is 56.7. The van der Waals surface area contributed by atoms with E-state index in [0.29, 0.717) is 18.4 Å². The van der Waals surface area contributed by atoms with Gasteiger partial charge in [-0.15, -0.1) is 0 Å². The average molecular weight is 549 g/mol. The normalized spacial score (nSPS) is 24.3. The Morgan fingerprint density at radius 3 is 2.30 bits per heavy atom. The maximum absolute atomic E-state index is 14.1. The highest BCUT2D eigenvalue weighted by Crippen LogP contribution is 2.50. The maximum atomic E-state index is 14.1. The average Bonchev–Trinajstić information content (AvgIpc) is 3.14. The minimum atomic E-state index is -1.17. The lowest BCUT2D eigenvalue weighted by atomic mass is 9.74. The number of hydrogen-bond donors (Lipinski definition) is 1. The van der Waals surface area contributed by atoms with Gasteiger partial charge in [0.15, 0.2) is 11.6 Å². The summed E-state index contributed by atoms with van der Waals surface area (Å²) in [5.41, 5.74) is 6.35. The van der Waals surface area contributed by atoms with Crippen LogP contribution in [0.2, 0.25) is 0 Å². The number of nitrogens with two attached hydrogens (primary N) is 1. The lowest BCUT2D eigenvalue weighted by molar-refractivity contribution is -0.163. The number of Topliss-reactive ketones (excluding diaryl/α,β-unsaturated/α-hetero) is 2. The molecule has 1 saturated carbocycles. The molecule has 1 aliphatic heterocycles. The van der Waals surface area contributed by atoms with Gasteiger partial charge in [-0.05, 0) is 44.6 Å². The lowest BCUT2D eigenvalue weighted by Crippen LogP contribution is -2.65. The zero-order valence-corrected chi connectivity index (χ0v) is 23.4. The van der Waals surface area contributed by atoms with Crippen LogP contribution in [0.4, 0.5) is 0 Å². The van der Waals surface area contributed by atoms with E-state index in [1.807, 2.05) is 36.4 Å². The molecule has 40 heavy (non-hydrogen) atoms. The van der Waals surface area contributed by atoms with Crippen LogP contribution in [0.15, 0.2) is 60.7 Å². The van der Waals surface area contributed by atoms with Gasteiger partial charge in [0, 0.05) is 12.0 Å². The Morgan fingerprint density at radius 2 is 1.65 bits per heavy atom. The van der Waals surface area contributed by atoms with Crippen molar-refractivity contribution in [3.05, 3.63) is 71.8 Å².